The van der Waals surface area contributed by atoms with Gasteiger partial charge in [-0.2, -0.15) is 0 Å². The van der Waals surface area contributed by atoms with Gasteiger partial charge in [0, 0.05) is 6.54 Å². The van der Waals surface area contributed by atoms with Gasteiger partial charge in [-0.25, -0.2) is 0 Å². The third-order valence-electron chi connectivity index (χ3n) is 4.17. The van der Waals surface area contributed by atoms with Gasteiger partial charge in [-0.1, -0.05) is 36.8 Å². The third-order valence-corrected chi connectivity index (χ3v) is 4.17. The van der Waals surface area contributed by atoms with Crippen LogP contribution in [-0.4, -0.2) is 23.4 Å². The van der Waals surface area contributed by atoms with Crippen LogP contribution in [0.5, 0.6) is 0 Å². The van der Waals surface area contributed by atoms with E-state index in [9.17, 15) is 4.79 Å². The summed E-state index contributed by atoms with van der Waals surface area (Å²) >= 11 is 0. The van der Waals surface area contributed by atoms with E-state index < -0.39 is 0 Å². The van der Waals surface area contributed by atoms with E-state index in [0.29, 0.717) is 5.92 Å². The maximum Gasteiger partial charge on any atom is 0.241 e. The number of benzene rings is 1. The fraction of sp³-hybridized carbons (Fsp3) is 0.533. The van der Waals surface area contributed by atoms with Gasteiger partial charge in [0.05, 0.1) is 6.04 Å². The van der Waals surface area contributed by atoms with Gasteiger partial charge in [-0.05, 0) is 31.2 Å². The SMILES string of the molecule is CC1NC(c2ccccc2)N(CC2CCC2)C1=O. The highest BCUT2D eigenvalue weighted by atomic mass is 16.2. The standard InChI is InChI=1S/C15H20N2O/c1-11-15(18)17(10-12-6-5-7-12)14(16-11)13-8-3-2-4-9-13/h2-4,8-9,11-12,14,16H,5-7,10H2,1H3. The van der Waals surface area contributed by atoms with Crippen molar-refractivity contribution in [1.29, 1.82) is 0 Å². The van der Waals surface area contributed by atoms with Crippen molar-refractivity contribution in [2.75, 3.05) is 6.54 Å². The Morgan fingerprint density at radius 1 is 1.28 bits per heavy atom. The Bertz CT molecular complexity index is 427. The van der Waals surface area contributed by atoms with Crippen LogP contribution in [0.25, 0.3) is 0 Å². The summed E-state index contributed by atoms with van der Waals surface area (Å²) in [7, 11) is 0. The molecule has 2 aliphatic rings. The first-order valence-electron chi connectivity index (χ1n) is 6.87. The van der Waals surface area contributed by atoms with E-state index in [-0.39, 0.29) is 18.1 Å². The van der Waals surface area contributed by atoms with E-state index >= 15 is 0 Å². The molecule has 1 aromatic carbocycles. The third kappa shape index (κ3) is 2.03. The van der Waals surface area contributed by atoms with E-state index in [4.69, 9.17) is 0 Å². The molecule has 1 amide bonds. The first kappa shape index (κ1) is 11.7. The van der Waals surface area contributed by atoms with Crippen molar-refractivity contribution in [3.63, 3.8) is 0 Å². The summed E-state index contributed by atoms with van der Waals surface area (Å²) in [5, 5.41) is 3.40. The minimum absolute atomic E-state index is 0.0599. The molecule has 1 aliphatic heterocycles. The molecule has 1 aliphatic carbocycles. The molecule has 0 spiro atoms. The summed E-state index contributed by atoms with van der Waals surface area (Å²) < 4.78 is 0. The maximum absolute atomic E-state index is 12.2. The fourth-order valence-corrected chi connectivity index (χ4v) is 2.83. The highest BCUT2D eigenvalue weighted by Gasteiger charge is 2.38. The molecular formula is C15H20N2O. The molecule has 2 atom stereocenters. The van der Waals surface area contributed by atoms with Gasteiger partial charge in [0.25, 0.3) is 0 Å². The molecule has 3 rings (SSSR count). The van der Waals surface area contributed by atoms with Crippen molar-refractivity contribution in [1.82, 2.24) is 10.2 Å². The van der Waals surface area contributed by atoms with Gasteiger partial charge in [-0.3, -0.25) is 10.1 Å². The average Bonchev–Trinajstić information content (AvgIpc) is 2.62. The van der Waals surface area contributed by atoms with Crippen LogP contribution in [0.3, 0.4) is 0 Å². The Hall–Kier alpha value is -1.35. The Balaban J connectivity index is 1.80. The van der Waals surface area contributed by atoms with Crippen molar-refractivity contribution in [3.8, 4) is 0 Å². The summed E-state index contributed by atoms with van der Waals surface area (Å²) in [6.07, 6.45) is 3.94. The van der Waals surface area contributed by atoms with Crippen molar-refractivity contribution >= 4 is 5.91 Å². The Morgan fingerprint density at radius 3 is 2.61 bits per heavy atom. The van der Waals surface area contributed by atoms with Gasteiger partial charge in [-0.15, -0.1) is 0 Å². The van der Waals surface area contributed by atoms with E-state index in [2.05, 4.69) is 17.4 Å². The van der Waals surface area contributed by atoms with Gasteiger partial charge in [0.1, 0.15) is 6.17 Å². The monoisotopic (exact) mass is 244 g/mol. The van der Waals surface area contributed by atoms with Crippen molar-refractivity contribution in [2.45, 2.75) is 38.4 Å². The lowest BCUT2D eigenvalue weighted by atomic mass is 9.85. The minimum Gasteiger partial charge on any atom is -0.321 e. The van der Waals surface area contributed by atoms with E-state index in [1.165, 1.54) is 24.8 Å². The summed E-state index contributed by atoms with van der Waals surface area (Å²) in [5.74, 6) is 0.961. The number of hydrogen-bond donors (Lipinski definition) is 1. The van der Waals surface area contributed by atoms with Crippen LogP contribution < -0.4 is 5.32 Å². The molecule has 2 fully saturated rings. The van der Waals surface area contributed by atoms with Crippen LogP contribution in [0.1, 0.15) is 37.9 Å². The molecule has 3 heteroatoms. The predicted octanol–water partition coefficient (Wildman–Crippen LogP) is 2.31. The lowest BCUT2D eigenvalue weighted by Gasteiger charge is -2.33. The zero-order valence-corrected chi connectivity index (χ0v) is 10.8. The maximum atomic E-state index is 12.2. The number of rotatable bonds is 3. The smallest absolute Gasteiger partial charge is 0.241 e. The second kappa shape index (κ2) is 4.73. The average molecular weight is 244 g/mol. The summed E-state index contributed by atoms with van der Waals surface area (Å²) in [4.78, 5) is 14.3. The van der Waals surface area contributed by atoms with Gasteiger partial charge < -0.3 is 4.90 Å². The number of nitrogens with zero attached hydrogens (tertiary/aromatic N) is 1. The molecular weight excluding hydrogens is 224 g/mol. The van der Waals surface area contributed by atoms with Crippen LogP contribution in [-0.2, 0) is 4.79 Å². The first-order chi connectivity index (χ1) is 8.75. The summed E-state index contributed by atoms with van der Waals surface area (Å²) in [6.45, 7) is 2.87. The van der Waals surface area contributed by atoms with E-state index in [1.54, 1.807) is 0 Å². The quantitative estimate of drug-likeness (QED) is 0.885. The molecule has 3 nitrogen and oxygen atoms in total. The zero-order chi connectivity index (χ0) is 12.5. The minimum atomic E-state index is -0.0599. The van der Waals surface area contributed by atoms with Crippen LogP contribution in [0.15, 0.2) is 30.3 Å². The summed E-state index contributed by atoms with van der Waals surface area (Å²) in [6, 6.07) is 10.2. The molecule has 18 heavy (non-hydrogen) atoms. The lowest BCUT2D eigenvalue weighted by molar-refractivity contribution is -0.130. The predicted molar refractivity (Wildman–Crippen MR) is 70.8 cm³/mol. The van der Waals surface area contributed by atoms with E-state index in [1.807, 2.05) is 30.0 Å². The molecule has 1 saturated heterocycles. The molecule has 96 valence electrons. The Kier molecular flexibility index (Phi) is 3.08. The topological polar surface area (TPSA) is 32.3 Å². The summed E-state index contributed by atoms with van der Waals surface area (Å²) in [5.41, 5.74) is 1.19. The van der Waals surface area contributed by atoms with Gasteiger partial charge in [0.15, 0.2) is 0 Å². The normalized spacial score (nSPS) is 28.5. The Morgan fingerprint density at radius 2 is 2.00 bits per heavy atom. The molecule has 1 heterocycles. The van der Waals surface area contributed by atoms with E-state index in [0.717, 1.165) is 6.54 Å². The van der Waals surface area contributed by atoms with Crippen LogP contribution >= 0.6 is 0 Å². The highest BCUT2D eigenvalue weighted by molar-refractivity contribution is 5.84. The zero-order valence-electron chi connectivity index (χ0n) is 10.8. The fourth-order valence-electron chi connectivity index (χ4n) is 2.83. The Labute approximate surface area is 108 Å². The van der Waals surface area contributed by atoms with Crippen molar-refractivity contribution < 1.29 is 4.79 Å². The number of hydrogen-bond acceptors (Lipinski definition) is 2. The second-order valence-corrected chi connectivity index (χ2v) is 5.49. The van der Waals surface area contributed by atoms with Gasteiger partial charge in [0.2, 0.25) is 5.91 Å². The van der Waals surface area contributed by atoms with Crippen molar-refractivity contribution in [3.05, 3.63) is 35.9 Å². The van der Waals surface area contributed by atoms with Crippen molar-refractivity contribution in [2.24, 2.45) is 5.92 Å². The number of amides is 1. The molecule has 1 saturated carbocycles. The first-order valence-corrected chi connectivity index (χ1v) is 6.87. The molecule has 0 aromatic heterocycles. The number of carbonyl (C=O) groups excluding carboxylic acids is 1. The van der Waals surface area contributed by atoms with Crippen LogP contribution in [0.2, 0.25) is 0 Å². The molecule has 1 aromatic rings. The highest BCUT2D eigenvalue weighted by Crippen LogP contribution is 2.32. The number of nitrogens with one attached hydrogen (secondary N) is 1. The van der Waals surface area contributed by atoms with Crippen LogP contribution in [0, 0.1) is 5.92 Å². The molecule has 2 unspecified atom stereocenters. The van der Waals surface area contributed by atoms with Gasteiger partial charge >= 0.3 is 0 Å². The molecule has 0 bridgehead atoms. The lowest BCUT2D eigenvalue weighted by Crippen LogP contribution is -2.37. The molecule has 0 radical (unpaired) electrons. The van der Waals surface area contributed by atoms with Crippen LogP contribution in [0.4, 0.5) is 0 Å². The number of carbonyl (C=O) groups is 1. The second-order valence-electron chi connectivity index (χ2n) is 5.49. The molecule has 1 N–H and O–H groups in total. The largest absolute Gasteiger partial charge is 0.321 e.